The van der Waals surface area contributed by atoms with E-state index in [2.05, 4.69) is 0 Å². The van der Waals surface area contributed by atoms with Gasteiger partial charge in [-0.25, -0.2) is 8.42 Å². The lowest BCUT2D eigenvalue weighted by Crippen LogP contribution is -2.44. The van der Waals surface area contributed by atoms with Crippen LogP contribution in [0, 0.1) is 0 Å². The van der Waals surface area contributed by atoms with Gasteiger partial charge in [0.05, 0.1) is 10.9 Å². The average Bonchev–Trinajstić information content (AvgIpc) is 2.40. The molecule has 0 saturated heterocycles. The minimum absolute atomic E-state index is 0.281. The van der Waals surface area contributed by atoms with Crippen LogP contribution in [-0.4, -0.2) is 18.3 Å². The summed E-state index contributed by atoms with van der Waals surface area (Å²) < 4.78 is 25.4. The Morgan fingerprint density at radius 1 is 1.28 bits per heavy atom. The zero-order valence-corrected chi connectivity index (χ0v) is 11.8. The Kier molecular flexibility index (Phi) is 3.17. The van der Waals surface area contributed by atoms with Crippen LogP contribution in [0.2, 0.25) is 5.02 Å². The molecule has 0 radical (unpaired) electrons. The smallest absolute Gasteiger partial charge is 0.239 e. The summed E-state index contributed by atoms with van der Waals surface area (Å²) in [6.07, 6.45) is 0. The summed E-state index contributed by atoms with van der Waals surface area (Å²) in [5, 5.41) is 1.75. The molecule has 98 valence electrons. The lowest BCUT2D eigenvalue weighted by molar-refractivity contribution is 0.272. The molecule has 0 amide bonds. The van der Waals surface area contributed by atoms with E-state index in [9.17, 15) is 8.42 Å². The van der Waals surface area contributed by atoms with Crippen molar-refractivity contribution < 1.29 is 8.42 Å². The highest BCUT2D eigenvalue weighted by molar-refractivity contribution is 7.92. The summed E-state index contributed by atoms with van der Waals surface area (Å²) in [5.41, 5.74) is 6.31. The van der Waals surface area contributed by atoms with Gasteiger partial charge in [0, 0.05) is 17.3 Å². The lowest BCUT2D eigenvalue weighted by atomic mass is 10.0. The maximum atomic E-state index is 12.0. The highest BCUT2D eigenvalue weighted by Gasteiger charge is 2.43. The van der Waals surface area contributed by atoms with Crippen LogP contribution in [0.3, 0.4) is 0 Å². The van der Waals surface area contributed by atoms with E-state index < -0.39 is 15.6 Å². The number of rotatable bonds is 2. The first-order valence-corrected chi connectivity index (χ1v) is 7.36. The van der Waals surface area contributed by atoms with Gasteiger partial charge < -0.3 is 5.73 Å². The van der Waals surface area contributed by atoms with E-state index in [1.807, 2.05) is 12.1 Å². The van der Waals surface area contributed by atoms with Gasteiger partial charge in [0.15, 0.2) is 0 Å². The number of sulfonamides is 1. The minimum Gasteiger partial charge on any atom is -0.400 e. The molecule has 1 aromatic carbocycles. The topological polar surface area (TPSA) is 63.4 Å². The molecule has 0 atom stereocenters. The number of nitrogens with zero attached hydrogens (tertiary/aromatic N) is 1. The lowest BCUT2D eigenvalue weighted by Gasteiger charge is -2.31. The SMILES string of the molecule is CC1(C)C(N)=CS(=O)(=O)N1Cc1ccc(Cl)cc1. The first-order chi connectivity index (χ1) is 8.23. The van der Waals surface area contributed by atoms with Gasteiger partial charge in [0.25, 0.3) is 0 Å². The summed E-state index contributed by atoms with van der Waals surface area (Å²) in [6, 6.07) is 7.09. The summed E-state index contributed by atoms with van der Waals surface area (Å²) in [4.78, 5) is 0. The molecule has 2 N–H and O–H groups in total. The molecule has 0 aromatic heterocycles. The summed E-state index contributed by atoms with van der Waals surface area (Å²) >= 11 is 5.80. The van der Waals surface area contributed by atoms with Crippen molar-refractivity contribution in [3.63, 3.8) is 0 Å². The van der Waals surface area contributed by atoms with Crippen LogP contribution in [0.25, 0.3) is 0 Å². The van der Waals surface area contributed by atoms with E-state index in [1.54, 1.807) is 26.0 Å². The molecule has 4 nitrogen and oxygen atoms in total. The second-order valence-electron chi connectivity index (χ2n) is 4.81. The molecule has 0 saturated carbocycles. The average molecular weight is 287 g/mol. The van der Waals surface area contributed by atoms with Gasteiger partial charge >= 0.3 is 0 Å². The Labute approximate surface area is 112 Å². The second kappa shape index (κ2) is 4.26. The minimum atomic E-state index is -3.44. The third kappa shape index (κ3) is 2.25. The van der Waals surface area contributed by atoms with Gasteiger partial charge in [-0.3, -0.25) is 0 Å². The van der Waals surface area contributed by atoms with E-state index in [0.717, 1.165) is 11.0 Å². The van der Waals surface area contributed by atoms with Crippen LogP contribution in [-0.2, 0) is 16.6 Å². The van der Waals surface area contributed by atoms with Crippen molar-refractivity contribution in [1.29, 1.82) is 0 Å². The molecular weight excluding hydrogens is 272 g/mol. The molecule has 2 rings (SSSR count). The van der Waals surface area contributed by atoms with Gasteiger partial charge in [0.2, 0.25) is 10.0 Å². The van der Waals surface area contributed by atoms with Crippen LogP contribution in [0.4, 0.5) is 0 Å². The van der Waals surface area contributed by atoms with E-state index in [-0.39, 0.29) is 6.54 Å². The fourth-order valence-corrected chi connectivity index (χ4v) is 3.81. The Balaban J connectivity index is 2.32. The number of benzene rings is 1. The molecule has 0 bridgehead atoms. The van der Waals surface area contributed by atoms with Gasteiger partial charge in [-0.15, -0.1) is 0 Å². The van der Waals surface area contributed by atoms with Crippen LogP contribution >= 0.6 is 11.6 Å². The number of nitrogens with two attached hydrogens (primary N) is 1. The van der Waals surface area contributed by atoms with Crippen molar-refractivity contribution in [2.24, 2.45) is 5.73 Å². The molecular formula is C12H15ClN2O2S. The van der Waals surface area contributed by atoms with Crippen LogP contribution < -0.4 is 5.73 Å². The number of hydrogen-bond donors (Lipinski definition) is 1. The van der Waals surface area contributed by atoms with Crippen LogP contribution in [0.5, 0.6) is 0 Å². The Morgan fingerprint density at radius 2 is 1.83 bits per heavy atom. The standard InChI is InChI=1S/C12H15ClN2O2S/c1-12(2)11(14)8-18(16,17)15(12)7-9-3-5-10(13)6-4-9/h3-6,8H,7,14H2,1-2H3. The largest absolute Gasteiger partial charge is 0.400 e. The van der Waals surface area contributed by atoms with Crippen LogP contribution in [0.15, 0.2) is 35.4 Å². The molecule has 0 unspecified atom stereocenters. The maximum absolute atomic E-state index is 12.0. The predicted molar refractivity (Wildman–Crippen MR) is 72.3 cm³/mol. The van der Waals surface area contributed by atoms with E-state index in [4.69, 9.17) is 17.3 Å². The first-order valence-electron chi connectivity index (χ1n) is 5.48. The van der Waals surface area contributed by atoms with Crippen molar-refractivity contribution in [3.05, 3.63) is 46.0 Å². The zero-order valence-electron chi connectivity index (χ0n) is 10.2. The molecule has 1 aliphatic heterocycles. The fourth-order valence-electron chi connectivity index (χ4n) is 1.87. The summed E-state index contributed by atoms with van der Waals surface area (Å²) in [7, 11) is -3.44. The Morgan fingerprint density at radius 3 is 2.28 bits per heavy atom. The highest BCUT2D eigenvalue weighted by atomic mass is 35.5. The van der Waals surface area contributed by atoms with E-state index >= 15 is 0 Å². The Hall–Kier alpha value is -1.04. The molecule has 0 spiro atoms. The van der Waals surface area contributed by atoms with Gasteiger partial charge in [-0.1, -0.05) is 23.7 Å². The first kappa shape index (κ1) is 13.4. The van der Waals surface area contributed by atoms with Gasteiger partial charge in [-0.05, 0) is 31.5 Å². The molecule has 6 heteroatoms. The third-order valence-corrected chi connectivity index (χ3v) is 5.16. The fraction of sp³-hybridized carbons (Fsp3) is 0.333. The molecule has 1 aromatic rings. The predicted octanol–water partition coefficient (Wildman–Crippen LogP) is 2.06. The van der Waals surface area contributed by atoms with Crippen molar-refractivity contribution in [3.8, 4) is 0 Å². The van der Waals surface area contributed by atoms with E-state index in [0.29, 0.717) is 10.7 Å². The quantitative estimate of drug-likeness (QED) is 0.905. The monoisotopic (exact) mass is 286 g/mol. The number of halogens is 1. The third-order valence-electron chi connectivity index (χ3n) is 3.15. The molecule has 1 heterocycles. The molecule has 18 heavy (non-hydrogen) atoms. The Bertz CT molecular complexity index is 591. The maximum Gasteiger partial charge on any atom is 0.239 e. The van der Waals surface area contributed by atoms with Crippen molar-refractivity contribution in [1.82, 2.24) is 4.31 Å². The highest BCUT2D eigenvalue weighted by Crippen LogP contribution is 2.33. The van der Waals surface area contributed by atoms with Gasteiger partial charge in [0.1, 0.15) is 0 Å². The van der Waals surface area contributed by atoms with Crippen molar-refractivity contribution in [2.45, 2.75) is 25.9 Å². The van der Waals surface area contributed by atoms with Gasteiger partial charge in [-0.2, -0.15) is 4.31 Å². The summed E-state index contributed by atoms with van der Waals surface area (Å²) in [5.74, 6) is 0. The molecule has 1 aliphatic rings. The zero-order chi connectivity index (χ0) is 13.6. The van der Waals surface area contributed by atoms with E-state index in [1.165, 1.54) is 4.31 Å². The van der Waals surface area contributed by atoms with Crippen LogP contribution in [0.1, 0.15) is 19.4 Å². The summed E-state index contributed by atoms with van der Waals surface area (Å²) in [6.45, 7) is 3.86. The normalized spacial score (nSPS) is 21.8. The number of hydrogen-bond acceptors (Lipinski definition) is 3. The second-order valence-corrected chi connectivity index (χ2v) is 6.95. The van der Waals surface area contributed by atoms with Crippen molar-refractivity contribution in [2.75, 3.05) is 0 Å². The molecule has 0 fully saturated rings. The molecule has 0 aliphatic carbocycles. The van der Waals surface area contributed by atoms with Crippen molar-refractivity contribution >= 4 is 21.6 Å².